The molecule has 100 valence electrons. The zero-order valence-corrected chi connectivity index (χ0v) is 11.2. The molecule has 0 spiro atoms. The minimum Gasteiger partial charge on any atom is -0.404 e. The van der Waals surface area contributed by atoms with Gasteiger partial charge in [-0.3, -0.25) is 4.79 Å². The molecule has 0 aliphatic carbocycles. The molecule has 0 aliphatic rings. The zero-order valence-electron chi connectivity index (χ0n) is 9.64. The van der Waals surface area contributed by atoms with Gasteiger partial charge in [-0.2, -0.15) is 0 Å². The molecule has 0 saturated carbocycles. The van der Waals surface area contributed by atoms with Crippen molar-refractivity contribution in [3.8, 4) is 5.75 Å². The first-order valence-electron chi connectivity index (χ1n) is 4.95. The fourth-order valence-corrected chi connectivity index (χ4v) is 1.15. The highest BCUT2D eigenvalue weighted by molar-refractivity contribution is 9.10. The minimum atomic E-state index is -4.80. The standard InChI is InChI=1S/C11H11BrF3NO2/c1-10(2,12)9(17)16-7-5-3-4-6-8(7)18-11(13,14)15/h3-6H,1-2H3,(H,16,17). The van der Waals surface area contributed by atoms with E-state index >= 15 is 0 Å². The molecule has 0 atom stereocenters. The smallest absolute Gasteiger partial charge is 0.404 e. The summed E-state index contributed by atoms with van der Waals surface area (Å²) in [4.78, 5) is 11.7. The molecule has 3 nitrogen and oxygen atoms in total. The highest BCUT2D eigenvalue weighted by atomic mass is 79.9. The Morgan fingerprint density at radius 1 is 1.28 bits per heavy atom. The predicted octanol–water partition coefficient (Wildman–Crippen LogP) is 3.70. The van der Waals surface area contributed by atoms with Crippen LogP contribution in [0.4, 0.5) is 18.9 Å². The van der Waals surface area contributed by atoms with Crippen LogP contribution < -0.4 is 10.1 Å². The third-order valence-electron chi connectivity index (χ3n) is 1.90. The van der Waals surface area contributed by atoms with Crippen molar-refractivity contribution >= 4 is 27.5 Å². The van der Waals surface area contributed by atoms with Gasteiger partial charge in [0.25, 0.3) is 0 Å². The summed E-state index contributed by atoms with van der Waals surface area (Å²) in [6, 6.07) is 5.35. The number of carbonyl (C=O) groups is 1. The molecule has 0 aromatic heterocycles. The number of nitrogens with one attached hydrogen (secondary N) is 1. The summed E-state index contributed by atoms with van der Waals surface area (Å²) in [6.07, 6.45) is -4.80. The molecule has 1 amide bonds. The fraction of sp³-hybridized carbons (Fsp3) is 0.364. The molecule has 1 aromatic rings. The molecule has 0 radical (unpaired) electrons. The first kappa shape index (κ1) is 14.8. The summed E-state index contributed by atoms with van der Waals surface area (Å²) < 4.78 is 39.4. The Labute approximate surface area is 110 Å². The van der Waals surface area contributed by atoms with Gasteiger partial charge in [0, 0.05) is 0 Å². The number of carbonyl (C=O) groups excluding carboxylic acids is 1. The van der Waals surface area contributed by atoms with Gasteiger partial charge in [0.2, 0.25) is 5.91 Å². The van der Waals surface area contributed by atoms with E-state index in [1.54, 1.807) is 13.8 Å². The van der Waals surface area contributed by atoms with E-state index in [4.69, 9.17) is 0 Å². The summed E-state index contributed by atoms with van der Waals surface area (Å²) in [6.45, 7) is 3.16. The first-order chi connectivity index (χ1) is 8.09. The molecule has 0 bridgehead atoms. The summed E-state index contributed by atoms with van der Waals surface area (Å²) in [7, 11) is 0. The molecule has 0 unspecified atom stereocenters. The second-order valence-electron chi connectivity index (χ2n) is 3.97. The lowest BCUT2D eigenvalue weighted by Gasteiger charge is -2.18. The van der Waals surface area contributed by atoms with Gasteiger partial charge in [-0.15, -0.1) is 13.2 Å². The monoisotopic (exact) mass is 325 g/mol. The van der Waals surface area contributed by atoms with Crippen LogP contribution in [-0.2, 0) is 4.79 Å². The number of benzene rings is 1. The van der Waals surface area contributed by atoms with E-state index in [-0.39, 0.29) is 5.69 Å². The topological polar surface area (TPSA) is 38.3 Å². The summed E-state index contributed by atoms with van der Waals surface area (Å²) >= 11 is 3.11. The van der Waals surface area contributed by atoms with Crippen LogP contribution >= 0.6 is 15.9 Å². The quantitative estimate of drug-likeness (QED) is 0.860. The van der Waals surface area contributed by atoms with Crippen molar-refractivity contribution in [3.63, 3.8) is 0 Å². The van der Waals surface area contributed by atoms with Gasteiger partial charge in [-0.25, -0.2) is 0 Å². The van der Waals surface area contributed by atoms with Crippen LogP contribution in [0.15, 0.2) is 24.3 Å². The van der Waals surface area contributed by atoms with Crippen molar-refractivity contribution in [2.45, 2.75) is 24.5 Å². The lowest BCUT2D eigenvalue weighted by molar-refractivity contribution is -0.274. The molecule has 0 heterocycles. The van der Waals surface area contributed by atoms with Gasteiger partial charge in [0.05, 0.1) is 10.0 Å². The van der Waals surface area contributed by atoms with Crippen LogP contribution in [0.5, 0.6) is 5.75 Å². The molecular formula is C11H11BrF3NO2. The Bertz CT molecular complexity index is 441. The normalized spacial score (nSPS) is 12.1. The number of alkyl halides is 4. The van der Waals surface area contributed by atoms with E-state index < -0.39 is 22.3 Å². The lowest BCUT2D eigenvalue weighted by Crippen LogP contribution is -2.31. The number of hydrogen-bond donors (Lipinski definition) is 1. The Kier molecular flexibility index (Phi) is 4.26. The minimum absolute atomic E-state index is 0.0349. The van der Waals surface area contributed by atoms with Gasteiger partial charge in [-0.1, -0.05) is 28.1 Å². The molecule has 1 rings (SSSR count). The van der Waals surface area contributed by atoms with E-state index in [9.17, 15) is 18.0 Å². The molecule has 1 aromatic carbocycles. The van der Waals surface area contributed by atoms with Crippen molar-refractivity contribution in [1.82, 2.24) is 0 Å². The Morgan fingerprint density at radius 3 is 2.33 bits per heavy atom. The summed E-state index contributed by atoms with van der Waals surface area (Å²) in [5.74, 6) is -0.921. The maximum absolute atomic E-state index is 12.1. The Morgan fingerprint density at radius 2 is 1.83 bits per heavy atom. The third-order valence-corrected chi connectivity index (χ3v) is 2.26. The van der Waals surface area contributed by atoms with E-state index in [0.717, 1.165) is 6.07 Å². The Hall–Kier alpha value is -1.24. The number of para-hydroxylation sites is 2. The number of hydrogen-bond acceptors (Lipinski definition) is 2. The fourth-order valence-electron chi connectivity index (χ4n) is 1.05. The summed E-state index contributed by atoms with van der Waals surface area (Å²) in [5.41, 5.74) is -0.0349. The number of amides is 1. The van der Waals surface area contributed by atoms with Crippen LogP contribution in [0.2, 0.25) is 0 Å². The van der Waals surface area contributed by atoms with Gasteiger partial charge in [0.15, 0.2) is 5.75 Å². The van der Waals surface area contributed by atoms with Gasteiger partial charge in [-0.05, 0) is 26.0 Å². The molecule has 0 aliphatic heterocycles. The molecule has 18 heavy (non-hydrogen) atoms. The highest BCUT2D eigenvalue weighted by Gasteiger charge is 2.32. The highest BCUT2D eigenvalue weighted by Crippen LogP contribution is 2.31. The van der Waals surface area contributed by atoms with E-state index in [0.29, 0.717) is 0 Å². The summed E-state index contributed by atoms with van der Waals surface area (Å²) in [5, 5.41) is 2.36. The third kappa shape index (κ3) is 4.56. The van der Waals surface area contributed by atoms with Crippen LogP contribution in [0.3, 0.4) is 0 Å². The van der Waals surface area contributed by atoms with Crippen molar-refractivity contribution in [2.24, 2.45) is 0 Å². The van der Waals surface area contributed by atoms with E-state index in [2.05, 4.69) is 26.0 Å². The van der Waals surface area contributed by atoms with Crippen molar-refractivity contribution in [3.05, 3.63) is 24.3 Å². The van der Waals surface area contributed by atoms with Gasteiger partial charge < -0.3 is 10.1 Å². The average molecular weight is 326 g/mol. The molecular weight excluding hydrogens is 315 g/mol. The predicted molar refractivity (Wildman–Crippen MR) is 64.8 cm³/mol. The molecule has 7 heteroatoms. The van der Waals surface area contributed by atoms with Crippen molar-refractivity contribution in [2.75, 3.05) is 5.32 Å². The number of halogens is 4. The largest absolute Gasteiger partial charge is 0.573 e. The van der Waals surface area contributed by atoms with Crippen LogP contribution in [0, 0.1) is 0 Å². The SMILES string of the molecule is CC(C)(Br)C(=O)Nc1ccccc1OC(F)(F)F. The van der Waals surface area contributed by atoms with E-state index in [1.165, 1.54) is 18.2 Å². The van der Waals surface area contributed by atoms with Gasteiger partial charge in [0.1, 0.15) is 0 Å². The van der Waals surface area contributed by atoms with Gasteiger partial charge >= 0.3 is 6.36 Å². The second kappa shape index (κ2) is 5.17. The number of ether oxygens (including phenoxy) is 1. The zero-order chi connectivity index (χ0) is 14.0. The maximum atomic E-state index is 12.1. The maximum Gasteiger partial charge on any atom is 0.573 e. The van der Waals surface area contributed by atoms with Crippen LogP contribution in [0.1, 0.15) is 13.8 Å². The van der Waals surface area contributed by atoms with Crippen molar-refractivity contribution in [1.29, 1.82) is 0 Å². The first-order valence-corrected chi connectivity index (χ1v) is 5.74. The Balaban J connectivity index is 2.93. The molecule has 0 saturated heterocycles. The van der Waals surface area contributed by atoms with Crippen molar-refractivity contribution < 1.29 is 22.7 Å². The molecule has 0 fully saturated rings. The average Bonchev–Trinajstić information content (AvgIpc) is 2.17. The van der Waals surface area contributed by atoms with E-state index in [1.807, 2.05) is 0 Å². The van der Waals surface area contributed by atoms with Crippen LogP contribution in [0.25, 0.3) is 0 Å². The lowest BCUT2D eigenvalue weighted by atomic mass is 10.2. The molecule has 1 N–H and O–H groups in total. The second-order valence-corrected chi connectivity index (χ2v) is 5.95. The number of anilines is 1. The number of rotatable bonds is 3. The van der Waals surface area contributed by atoms with Crippen LogP contribution in [-0.4, -0.2) is 16.6 Å².